The molecule has 0 aliphatic carbocycles. The Morgan fingerprint density at radius 1 is 1.17 bits per heavy atom. The third-order valence-corrected chi connectivity index (χ3v) is 4.65. The van der Waals surface area contributed by atoms with Crippen molar-refractivity contribution in [3.8, 4) is 0 Å². The van der Waals surface area contributed by atoms with Gasteiger partial charge in [-0.3, -0.25) is 9.89 Å². The van der Waals surface area contributed by atoms with Gasteiger partial charge in [0.2, 0.25) is 5.95 Å². The van der Waals surface area contributed by atoms with Crippen molar-refractivity contribution in [3.05, 3.63) is 30.1 Å². The van der Waals surface area contributed by atoms with E-state index >= 15 is 0 Å². The summed E-state index contributed by atoms with van der Waals surface area (Å²) in [5.74, 6) is 1.45. The van der Waals surface area contributed by atoms with Gasteiger partial charge in [-0.1, -0.05) is 11.6 Å². The van der Waals surface area contributed by atoms with Gasteiger partial charge in [-0.05, 0) is 19.4 Å². The highest BCUT2D eigenvalue weighted by Gasteiger charge is 2.19. The Morgan fingerprint density at radius 2 is 1.92 bits per heavy atom. The van der Waals surface area contributed by atoms with Crippen LogP contribution in [-0.2, 0) is 0 Å². The highest BCUT2D eigenvalue weighted by molar-refractivity contribution is 5.78. The number of rotatable bonds is 4. The van der Waals surface area contributed by atoms with E-state index in [1.165, 1.54) is 12.0 Å². The molecule has 0 unspecified atom stereocenters. The molecule has 0 saturated carbocycles. The van der Waals surface area contributed by atoms with Crippen LogP contribution in [0.15, 0.2) is 35.1 Å². The number of aliphatic imine (C=N–C) groups is 1. The number of hydrogen-bond donors (Lipinski definition) is 1. The maximum Gasteiger partial charge on any atom is 0.225 e. The quantitative estimate of drug-likeness (QED) is 0.494. The highest BCUT2D eigenvalue weighted by Crippen LogP contribution is 2.10. The molecule has 0 atom stereocenters. The first-order valence-corrected chi connectivity index (χ1v) is 8.67. The molecule has 7 heteroatoms. The maximum absolute atomic E-state index is 6.17. The Balaban J connectivity index is 1.42. The van der Waals surface area contributed by atoms with Crippen molar-refractivity contribution < 1.29 is 0 Å². The monoisotopic (exact) mass is 329 g/mol. The molecule has 0 spiro atoms. The van der Waals surface area contributed by atoms with Crippen LogP contribution >= 0.6 is 0 Å². The van der Waals surface area contributed by atoms with Crippen LogP contribution in [0.2, 0.25) is 0 Å². The lowest BCUT2D eigenvalue weighted by Gasteiger charge is -2.35. The van der Waals surface area contributed by atoms with Crippen LogP contribution in [0.1, 0.15) is 13.3 Å². The second kappa shape index (κ2) is 8.10. The van der Waals surface area contributed by atoms with Crippen molar-refractivity contribution in [1.82, 2.24) is 19.8 Å². The lowest BCUT2D eigenvalue weighted by atomic mass is 10.1. The Bertz CT molecular complexity index is 576. The van der Waals surface area contributed by atoms with Crippen molar-refractivity contribution in [1.29, 1.82) is 0 Å². The van der Waals surface area contributed by atoms with Crippen molar-refractivity contribution in [2.24, 2.45) is 10.7 Å². The van der Waals surface area contributed by atoms with Gasteiger partial charge < -0.3 is 15.5 Å². The second-order valence-corrected chi connectivity index (χ2v) is 6.36. The molecule has 2 aliphatic rings. The van der Waals surface area contributed by atoms with Gasteiger partial charge in [0.15, 0.2) is 5.96 Å². The minimum Gasteiger partial charge on any atom is -0.370 e. The van der Waals surface area contributed by atoms with E-state index < -0.39 is 0 Å². The fourth-order valence-corrected chi connectivity index (χ4v) is 3.01. The first-order valence-electron chi connectivity index (χ1n) is 8.67. The van der Waals surface area contributed by atoms with Crippen LogP contribution in [0.5, 0.6) is 0 Å². The number of aromatic nitrogens is 2. The maximum atomic E-state index is 6.17. The molecule has 130 valence electrons. The van der Waals surface area contributed by atoms with Gasteiger partial charge in [-0.2, -0.15) is 0 Å². The van der Waals surface area contributed by atoms with E-state index in [1.54, 1.807) is 12.4 Å². The summed E-state index contributed by atoms with van der Waals surface area (Å²) < 4.78 is 0. The topological polar surface area (TPSA) is 73.9 Å². The summed E-state index contributed by atoms with van der Waals surface area (Å²) in [4.78, 5) is 19.9. The van der Waals surface area contributed by atoms with E-state index in [9.17, 15) is 0 Å². The van der Waals surface area contributed by atoms with Crippen LogP contribution in [0, 0.1) is 0 Å². The fourth-order valence-electron chi connectivity index (χ4n) is 3.01. The minimum absolute atomic E-state index is 0.660. The van der Waals surface area contributed by atoms with Crippen LogP contribution in [0.3, 0.4) is 0 Å². The first-order chi connectivity index (χ1) is 11.7. The molecule has 7 nitrogen and oxygen atoms in total. The lowest BCUT2D eigenvalue weighted by Crippen LogP contribution is -2.51. The molecule has 2 aliphatic heterocycles. The zero-order valence-electron chi connectivity index (χ0n) is 14.4. The van der Waals surface area contributed by atoms with Gasteiger partial charge in [0.25, 0.3) is 0 Å². The normalized spacial score (nSPS) is 20.2. The van der Waals surface area contributed by atoms with Crippen molar-refractivity contribution in [3.63, 3.8) is 0 Å². The van der Waals surface area contributed by atoms with E-state index in [-0.39, 0.29) is 0 Å². The average Bonchev–Trinajstić information content (AvgIpc) is 2.64. The Kier molecular flexibility index (Phi) is 5.63. The van der Waals surface area contributed by atoms with Crippen LogP contribution in [0.4, 0.5) is 5.95 Å². The summed E-state index contributed by atoms with van der Waals surface area (Å²) in [7, 11) is 0. The van der Waals surface area contributed by atoms with Crippen molar-refractivity contribution in [2.75, 3.05) is 57.3 Å². The molecule has 0 aromatic carbocycles. The van der Waals surface area contributed by atoms with E-state index in [4.69, 9.17) is 5.73 Å². The molecule has 3 rings (SSSR count). The first kappa shape index (κ1) is 16.7. The number of piperazine rings is 1. The summed E-state index contributed by atoms with van der Waals surface area (Å²) >= 11 is 0. The number of nitrogens with two attached hydrogens (primary N) is 1. The van der Waals surface area contributed by atoms with Crippen LogP contribution < -0.4 is 10.6 Å². The molecule has 0 amide bonds. The number of hydrogen-bond acceptors (Lipinski definition) is 5. The van der Waals surface area contributed by atoms with Gasteiger partial charge in [0.1, 0.15) is 0 Å². The smallest absolute Gasteiger partial charge is 0.225 e. The molecule has 1 aromatic rings. The molecule has 0 radical (unpaired) electrons. The van der Waals surface area contributed by atoms with E-state index in [0.717, 1.165) is 58.3 Å². The van der Waals surface area contributed by atoms with Crippen molar-refractivity contribution in [2.45, 2.75) is 13.3 Å². The van der Waals surface area contributed by atoms with Crippen LogP contribution in [-0.4, -0.2) is 78.1 Å². The highest BCUT2D eigenvalue weighted by atomic mass is 15.4. The summed E-state index contributed by atoms with van der Waals surface area (Å²) in [6.07, 6.45) is 7.04. The summed E-state index contributed by atoms with van der Waals surface area (Å²) in [6, 6.07) is 1.84. The second-order valence-electron chi connectivity index (χ2n) is 6.36. The van der Waals surface area contributed by atoms with Gasteiger partial charge >= 0.3 is 0 Å². The standard InChI is InChI=1S/C17H27N7/c1-15-3-8-22(9-4-15)10-7-19-16(18)23-11-13-24(14-12-23)17-20-5-2-6-21-17/h2-3,5-6H,4,7-14H2,1H3,(H2,18,19). The zero-order chi connectivity index (χ0) is 16.8. The predicted octanol–water partition coefficient (Wildman–Crippen LogP) is 0.565. The number of guanidine groups is 1. The number of anilines is 1. The molecule has 2 N–H and O–H groups in total. The van der Waals surface area contributed by atoms with E-state index in [2.05, 4.69) is 42.7 Å². The zero-order valence-corrected chi connectivity index (χ0v) is 14.4. The van der Waals surface area contributed by atoms with Gasteiger partial charge in [0, 0.05) is 58.2 Å². The average molecular weight is 329 g/mol. The Morgan fingerprint density at radius 3 is 2.58 bits per heavy atom. The number of nitrogens with zero attached hydrogens (tertiary/aromatic N) is 6. The lowest BCUT2D eigenvalue weighted by molar-refractivity contribution is 0.301. The molecular formula is C17H27N7. The van der Waals surface area contributed by atoms with Gasteiger partial charge in [-0.15, -0.1) is 0 Å². The van der Waals surface area contributed by atoms with Gasteiger partial charge in [-0.25, -0.2) is 9.97 Å². The molecule has 1 fully saturated rings. The van der Waals surface area contributed by atoms with E-state index in [0.29, 0.717) is 5.96 Å². The van der Waals surface area contributed by atoms with Crippen molar-refractivity contribution >= 4 is 11.9 Å². The molecule has 1 saturated heterocycles. The molecular weight excluding hydrogens is 302 g/mol. The third-order valence-electron chi connectivity index (χ3n) is 4.65. The Labute approximate surface area is 143 Å². The fraction of sp³-hybridized carbons (Fsp3) is 0.588. The summed E-state index contributed by atoms with van der Waals surface area (Å²) in [5.41, 5.74) is 7.66. The summed E-state index contributed by atoms with van der Waals surface area (Å²) in [5, 5.41) is 0. The molecule has 0 bridgehead atoms. The SMILES string of the molecule is CC1=CCN(CCN=C(N)N2CCN(c3ncccn3)CC2)CC1. The van der Waals surface area contributed by atoms with E-state index in [1.807, 2.05) is 6.07 Å². The molecule has 3 heterocycles. The van der Waals surface area contributed by atoms with Crippen LogP contribution in [0.25, 0.3) is 0 Å². The molecule has 24 heavy (non-hydrogen) atoms. The third kappa shape index (κ3) is 4.44. The Hall–Kier alpha value is -2.15. The van der Waals surface area contributed by atoms with Gasteiger partial charge in [0.05, 0.1) is 6.54 Å². The molecule has 1 aromatic heterocycles. The minimum atomic E-state index is 0.660. The largest absolute Gasteiger partial charge is 0.370 e. The predicted molar refractivity (Wildman–Crippen MR) is 97.1 cm³/mol. The summed E-state index contributed by atoms with van der Waals surface area (Å²) in [6.45, 7) is 9.58.